The average Bonchev–Trinajstić information content (AvgIpc) is 2.26. The molecule has 0 bridgehead atoms. The van der Waals surface area contributed by atoms with Gasteiger partial charge in [0, 0.05) is 25.2 Å². The number of hydrogen-bond donors (Lipinski definition) is 1. The summed E-state index contributed by atoms with van der Waals surface area (Å²) in [6, 6.07) is 3.89. The Morgan fingerprint density at radius 2 is 2.38 bits per heavy atom. The zero-order chi connectivity index (χ0) is 11.4. The molecule has 1 aliphatic rings. The van der Waals surface area contributed by atoms with Crippen LogP contribution in [-0.2, 0) is 0 Å². The van der Waals surface area contributed by atoms with E-state index in [1.165, 1.54) is 0 Å². The van der Waals surface area contributed by atoms with Crippen LogP contribution in [0, 0.1) is 5.92 Å². The molecule has 1 aliphatic heterocycles. The second-order valence-electron chi connectivity index (χ2n) is 4.18. The maximum absolute atomic E-state index is 5.68. The predicted octanol–water partition coefficient (Wildman–Crippen LogP) is 1.27. The number of rotatable bonds is 5. The highest BCUT2D eigenvalue weighted by Crippen LogP contribution is 2.30. The molecule has 0 amide bonds. The van der Waals surface area contributed by atoms with Crippen LogP contribution in [0.15, 0.2) is 18.3 Å². The summed E-state index contributed by atoms with van der Waals surface area (Å²) in [7, 11) is 0. The molecule has 0 atom stereocenters. The average molecular weight is 221 g/mol. The highest BCUT2D eigenvalue weighted by atomic mass is 16.5. The number of anilines is 1. The van der Waals surface area contributed by atoms with Gasteiger partial charge < -0.3 is 15.4 Å². The molecule has 1 aromatic rings. The van der Waals surface area contributed by atoms with E-state index in [2.05, 4.69) is 16.8 Å². The van der Waals surface area contributed by atoms with E-state index in [9.17, 15) is 0 Å². The molecule has 1 fully saturated rings. The van der Waals surface area contributed by atoms with Gasteiger partial charge in [-0.05, 0) is 25.1 Å². The molecule has 4 heteroatoms. The van der Waals surface area contributed by atoms with Crippen molar-refractivity contribution in [3.05, 3.63) is 18.3 Å². The third-order valence-corrected chi connectivity index (χ3v) is 2.80. The number of ether oxygens (including phenoxy) is 1. The smallest absolute Gasteiger partial charge is 0.171 e. The minimum Gasteiger partial charge on any atom is -0.490 e. The van der Waals surface area contributed by atoms with Gasteiger partial charge in [-0.1, -0.05) is 6.92 Å². The van der Waals surface area contributed by atoms with Gasteiger partial charge in [-0.3, -0.25) is 0 Å². The number of aromatic nitrogens is 1. The molecule has 4 nitrogen and oxygen atoms in total. The highest BCUT2D eigenvalue weighted by molar-refractivity contribution is 5.53. The zero-order valence-electron chi connectivity index (χ0n) is 9.72. The standard InChI is InChI=1S/C12H19N3O/c1-2-6-16-11-4-3-5-14-12(11)15-8-10(7-13)9-15/h3-5,10H,2,6-9,13H2,1H3. The molecule has 0 aromatic carbocycles. The Morgan fingerprint density at radius 3 is 3.06 bits per heavy atom. The van der Waals surface area contributed by atoms with Crippen molar-refractivity contribution < 1.29 is 4.74 Å². The van der Waals surface area contributed by atoms with E-state index in [1.807, 2.05) is 18.3 Å². The summed E-state index contributed by atoms with van der Waals surface area (Å²) in [5.41, 5.74) is 5.61. The van der Waals surface area contributed by atoms with Crippen LogP contribution in [0.3, 0.4) is 0 Å². The van der Waals surface area contributed by atoms with Crippen LogP contribution in [0.5, 0.6) is 5.75 Å². The van der Waals surface area contributed by atoms with Gasteiger partial charge in [-0.25, -0.2) is 4.98 Å². The Morgan fingerprint density at radius 1 is 1.56 bits per heavy atom. The molecule has 0 unspecified atom stereocenters. The first kappa shape index (κ1) is 11.2. The SMILES string of the molecule is CCCOc1cccnc1N1CC(CN)C1. The van der Waals surface area contributed by atoms with Gasteiger partial charge in [0.25, 0.3) is 0 Å². The van der Waals surface area contributed by atoms with Gasteiger partial charge in [0.15, 0.2) is 11.6 Å². The van der Waals surface area contributed by atoms with Crippen molar-refractivity contribution in [3.63, 3.8) is 0 Å². The number of nitrogens with two attached hydrogens (primary N) is 1. The summed E-state index contributed by atoms with van der Waals surface area (Å²) < 4.78 is 5.68. The number of pyridine rings is 1. The van der Waals surface area contributed by atoms with Gasteiger partial charge in [0.1, 0.15) is 0 Å². The van der Waals surface area contributed by atoms with E-state index in [1.54, 1.807) is 0 Å². The largest absolute Gasteiger partial charge is 0.490 e. The van der Waals surface area contributed by atoms with Crippen LogP contribution in [-0.4, -0.2) is 31.2 Å². The molecule has 2 N–H and O–H groups in total. The normalized spacial score (nSPS) is 16.0. The quantitative estimate of drug-likeness (QED) is 0.813. The molecule has 2 rings (SSSR count). The number of hydrogen-bond acceptors (Lipinski definition) is 4. The van der Waals surface area contributed by atoms with Crippen LogP contribution in [0.4, 0.5) is 5.82 Å². The summed E-state index contributed by atoms with van der Waals surface area (Å²) in [6.45, 7) is 5.59. The second kappa shape index (κ2) is 5.16. The van der Waals surface area contributed by atoms with E-state index in [4.69, 9.17) is 10.5 Å². The van der Waals surface area contributed by atoms with Crippen molar-refractivity contribution in [1.29, 1.82) is 0 Å². The fourth-order valence-corrected chi connectivity index (χ4v) is 1.84. The summed E-state index contributed by atoms with van der Waals surface area (Å²) in [5, 5.41) is 0. The van der Waals surface area contributed by atoms with Crippen molar-refractivity contribution in [2.75, 3.05) is 31.1 Å². The molecule has 0 saturated carbocycles. The third-order valence-electron chi connectivity index (χ3n) is 2.80. The first-order valence-electron chi connectivity index (χ1n) is 5.88. The van der Waals surface area contributed by atoms with E-state index < -0.39 is 0 Å². The molecule has 16 heavy (non-hydrogen) atoms. The van der Waals surface area contributed by atoms with E-state index in [0.717, 1.165) is 44.2 Å². The van der Waals surface area contributed by atoms with Gasteiger partial charge >= 0.3 is 0 Å². The molecule has 0 spiro atoms. The summed E-state index contributed by atoms with van der Waals surface area (Å²) in [6.07, 6.45) is 2.82. The molecule has 88 valence electrons. The van der Waals surface area contributed by atoms with Crippen molar-refractivity contribution in [3.8, 4) is 5.75 Å². The van der Waals surface area contributed by atoms with E-state index >= 15 is 0 Å². The van der Waals surface area contributed by atoms with Crippen molar-refractivity contribution in [1.82, 2.24) is 4.98 Å². The van der Waals surface area contributed by atoms with Crippen molar-refractivity contribution in [2.45, 2.75) is 13.3 Å². The first-order valence-corrected chi connectivity index (χ1v) is 5.88. The fourth-order valence-electron chi connectivity index (χ4n) is 1.84. The predicted molar refractivity (Wildman–Crippen MR) is 64.8 cm³/mol. The lowest BCUT2D eigenvalue weighted by atomic mass is 10.0. The van der Waals surface area contributed by atoms with Crippen LogP contribution in [0.1, 0.15) is 13.3 Å². The zero-order valence-corrected chi connectivity index (χ0v) is 9.72. The molecular weight excluding hydrogens is 202 g/mol. The van der Waals surface area contributed by atoms with Crippen LogP contribution in [0.25, 0.3) is 0 Å². The lowest BCUT2D eigenvalue weighted by Gasteiger charge is -2.40. The van der Waals surface area contributed by atoms with Gasteiger partial charge in [0.2, 0.25) is 0 Å². The molecule has 1 saturated heterocycles. The van der Waals surface area contributed by atoms with Crippen LogP contribution >= 0.6 is 0 Å². The summed E-state index contributed by atoms with van der Waals surface area (Å²) in [5.74, 6) is 2.46. The molecular formula is C12H19N3O. The van der Waals surface area contributed by atoms with Crippen molar-refractivity contribution >= 4 is 5.82 Å². The summed E-state index contributed by atoms with van der Waals surface area (Å²) >= 11 is 0. The highest BCUT2D eigenvalue weighted by Gasteiger charge is 2.28. The van der Waals surface area contributed by atoms with Gasteiger partial charge in [-0.2, -0.15) is 0 Å². The minimum absolute atomic E-state index is 0.612. The van der Waals surface area contributed by atoms with E-state index in [0.29, 0.717) is 5.92 Å². The molecule has 0 radical (unpaired) electrons. The van der Waals surface area contributed by atoms with E-state index in [-0.39, 0.29) is 0 Å². The molecule has 1 aromatic heterocycles. The maximum Gasteiger partial charge on any atom is 0.171 e. The Hall–Kier alpha value is -1.29. The molecule has 0 aliphatic carbocycles. The fraction of sp³-hybridized carbons (Fsp3) is 0.583. The summed E-state index contributed by atoms with van der Waals surface area (Å²) in [4.78, 5) is 6.61. The minimum atomic E-state index is 0.612. The lowest BCUT2D eigenvalue weighted by Crippen LogP contribution is -2.50. The maximum atomic E-state index is 5.68. The third kappa shape index (κ3) is 2.27. The van der Waals surface area contributed by atoms with Gasteiger partial charge in [-0.15, -0.1) is 0 Å². The van der Waals surface area contributed by atoms with Gasteiger partial charge in [0.05, 0.1) is 6.61 Å². The Bertz CT molecular complexity index is 337. The van der Waals surface area contributed by atoms with Crippen LogP contribution < -0.4 is 15.4 Å². The van der Waals surface area contributed by atoms with Crippen molar-refractivity contribution in [2.24, 2.45) is 11.7 Å². The Balaban J connectivity index is 2.03. The molecule has 2 heterocycles. The second-order valence-corrected chi connectivity index (χ2v) is 4.18. The lowest BCUT2D eigenvalue weighted by molar-refractivity contribution is 0.312. The topological polar surface area (TPSA) is 51.4 Å². The Labute approximate surface area is 96.4 Å². The number of nitrogens with zero attached hydrogens (tertiary/aromatic N) is 2. The Kier molecular flexibility index (Phi) is 3.62. The first-order chi connectivity index (χ1) is 7.85. The monoisotopic (exact) mass is 221 g/mol. The van der Waals surface area contributed by atoms with Crippen LogP contribution in [0.2, 0.25) is 0 Å².